The molecule has 1 heterocycles. The highest BCUT2D eigenvalue weighted by atomic mass is 19.1. The molecule has 0 fully saturated rings. The maximum atomic E-state index is 13.1. The van der Waals surface area contributed by atoms with E-state index in [1.54, 1.807) is 32.0 Å². The molecule has 2 amide bonds. The molecule has 1 atom stereocenters. The number of esters is 1. The summed E-state index contributed by atoms with van der Waals surface area (Å²) >= 11 is 0. The Kier molecular flexibility index (Phi) is 6.56. The highest BCUT2D eigenvalue weighted by Crippen LogP contribution is 2.31. The minimum Gasteiger partial charge on any atom is -0.496 e. The third-order valence-corrected chi connectivity index (χ3v) is 4.61. The lowest BCUT2D eigenvalue weighted by Gasteiger charge is -2.28. The summed E-state index contributed by atoms with van der Waals surface area (Å²) in [6, 6.07) is 9.89. The number of halogens is 1. The first-order valence-corrected chi connectivity index (χ1v) is 9.43. The number of hydrogen-bond acceptors (Lipinski definition) is 5. The number of urea groups is 1. The van der Waals surface area contributed by atoms with E-state index in [0.29, 0.717) is 33.9 Å². The Morgan fingerprint density at radius 1 is 1.17 bits per heavy atom. The number of allylic oxidation sites excluding steroid dienone is 1. The van der Waals surface area contributed by atoms with Crippen LogP contribution in [0.2, 0.25) is 0 Å². The molecule has 2 N–H and O–H groups in total. The Labute approximate surface area is 173 Å². The van der Waals surface area contributed by atoms with Gasteiger partial charge in [-0.05, 0) is 55.8 Å². The third-order valence-electron chi connectivity index (χ3n) is 4.61. The van der Waals surface area contributed by atoms with E-state index in [9.17, 15) is 14.0 Å². The van der Waals surface area contributed by atoms with Gasteiger partial charge in [-0.1, -0.05) is 6.07 Å². The van der Waals surface area contributed by atoms with Crippen LogP contribution < -0.4 is 20.1 Å². The minimum atomic E-state index is -0.687. The van der Waals surface area contributed by atoms with Crippen LogP contribution in [-0.4, -0.2) is 25.7 Å². The summed E-state index contributed by atoms with van der Waals surface area (Å²) in [6.07, 6.45) is 0. The average molecular weight is 414 g/mol. The van der Waals surface area contributed by atoms with Gasteiger partial charge in [0.2, 0.25) is 0 Å². The second kappa shape index (κ2) is 9.30. The van der Waals surface area contributed by atoms with Gasteiger partial charge in [0.25, 0.3) is 0 Å². The van der Waals surface area contributed by atoms with E-state index >= 15 is 0 Å². The summed E-state index contributed by atoms with van der Waals surface area (Å²) in [5, 5.41) is 5.37. The van der Waals surface area contributed by atoms with E-state index in [1.807, 2.05) is 0 Å². The fourth-order valence-corrected chi connectivity index (χ4v) is 3.21. The number of nitrogens with one attached hydrogen (secondary N) is 2. The first kappa shape index (κ1) is 21.2. The molecule has 0 unspecified atom stereocenters. The zero-order chi connectivity index (χ0) is 21.7. The number of methoxy groups -OCH3 is 1. The zero-order valence-electron chi connectivity index (χ0n) is 17.0. The number of amides is 2. The number of hydrogen-bond donors (Lipinski definition) is 2. The predicted molar refractivity (Wildman–Crippen MR) is 107 cm³/mol. The van der Waals surface area contributed by atoms with Gasteiger partial charge in [-0.3, -0.25) is 0 Å². The van der Waals surface area contributed by atoms with Crippen LogP contribution in [0.25, 0.3) is 0 Å². The van der Waals surface area contributed by atoms with Crippen molar-refractivity contribution in [1.29, 1.82) is 0 Å². The lowest BCUT2D eigenvalue weighted by molar-refractivity contribution is -0.139. The van der Waals surface area contributed by atoms with Crippen LogP contribution >= 0.6 is 0 Å². The first-order chi connectivity index (χ1) is 14.4. The van der Waals surface area contributed by atoms with Crippen LogP contribution in [0.15, 0.2) is 53.7 Å². The van der Waals surface area contributed by atoms with E-state index in [1.165, 1.54) is 31.4 Å². The molecule has 8 heteroatoms. The molecule has 2 aromatic rings. The van der Waals surface area contributed by atoms with Gasteiger partial charge in [-0.25, -0.2) is 14.0 Å². The molecule has 0 radical (unpaired) electrons. The molecule has 30 heavy (non-hydrogen) atoms. The Hall–Kier alpha value is -3.55. The van der Waals surface area contributed by atoms with Crippen molar-refractivity contribution in [3.8, 4) is 11.5 Å². The van der Waals surface area contributed by atoms with Crippen molar-refractivity contribution in [2.24, 2.45) is 0 Å². The molecule has 1 aliphatic rings. The van der Waals surface area contributed by atoms with Crippen LogP contribution in [0.1, 0.15) is 31.0 Å². The molecule has 0 aliphatic carbocycles. The summed E-state index contributed by atoms with van der Waals surface area (Å²) in [7, 11) is 1.54. The summed E-state index contributed by atoms with van der Waals surface area (Å²) in [5.41, 5.74) is 2.13. The summed E-state index contributed by atoms with van der Waals surface area (Å²) in [5.74, 6) is 0.228. The number of carbonyl (C=O) groups excluding carboxylic acids is 2. The normalized spacial score (nSPS) is 15.9. The van der Waals surface area contributed by atoms with Crippen molar-refractivity contribution in [1.82, 2.24) is 10.6 Å². The molecule has 2 aromatic carbocycles. The quantitative estimate of drug-likeness (QED) is 0.676. The molecule has 0 saturated heterocycles. The lowest BCUT2D eigenvalue weighted by atomic mass is 9.94. The second-order valence-electron chi connectivity index (χ2n) is 6.60. The van der Waals surface area contributed by atoms with Gasteiger partial charge >= 0.3 is 12.0 Å². The van der Waals surface area contributed by atoms with Crippen LogP contribution in [0.4, 0.5) is 9.18 Å². The molecule has 3 rings (SSSR count). The standard InChI is InChI=1S/C22H23FN2O5/c1-4-29-21(26)19-13(2)24-22(27)25-20(19)14-5-10-18(28-3)15(11-14)12-30-17-8-6-16(23)7-9-17/h5-11,20H,4,12H2,1-3H3,(H2,24,25,27)/t20-/m1/s1. The Bertz CT molecular complexity index is 972. The zero-order valence-corrected chi connectivity index (χ0v) is 17.0. The number of ether oxygens (including phenoxy) is 3. The molecule has 7 nitrogen and oxygen atoms in total. The highest BCUT2D eigenvalue weighted by molar-refractivity contribution is 5.95. The van der Waals surface area contributed by atoms with Crippen molar-refractivity contribution in [2.75, 3.05) is 13.7 Å². The van der Waals surface area contributed by atoms with Crippen molar-refractivity contribution in [3.63, 3.8) is 0 Å². The topological polar surface area (TPSA) is 85.9 Å². The van der Waals surface area contributed by atoms with Crippen molar-refractivity contribution < 1.29 is 28.2 Å². The predicted octanol–water partition coefficient (Wildman–Crippen LogP) is 3.60. The van der Waals surface area contributed by atoms with Crippen LogP contribution in [0.5, 0.6) is 11.5 Å². The summed E-state index contributed by atoms with van der Waals surface area (Å²) in [6.45, 7) is 3.74. The minimum absolute atomic E-state index is 0.152. The highest BCUT2D eigenvalue weighted by Gasteiger charge is 2.32. The molecule has 0 bridgehead atoms. The Morgan fingerprint density at radius 2 is 1.90 bits per heavy atom. The van der Waals surface area contributed by atoms with Gasteiger partial charge in [0.1, 0.15) is 23.9 Å². The van der Waals surface area contributed by atoms with E-state index in [2.05, 4.69) is 10.6 Å². The van der Waals surface area contributed by atoms with Gasteiger partial charge < -0.3 is 24.8 Å². The molecular weight excluding hydrogens is 391 g/mol. The van der Waals surface area contributed by atoms with E-state index in [-0.39, 0.29) is 19.0 Å². The molecular formula is C22H23FN2O5. The first-order valence-electron chi connectivity index (χ1n) is 9.43. The molecule has 0 saturated carbocycles. The SMILES string of the molecule is CCOC(=O)C1=C(C)NC(=O)N[C@@H]1c1ccc(OC)c(COc2ccc(F)cc2)c1. The number of carbonyl (C=O) groups is 2. The van der Waals surface area contributed by atoms with Crippen molar-refractivity contribution in [3.05, 3.63) is 70.7 Å². The Morgan fingerprint density at radius 3 is 2.57 bits per heavy atom. The number of rotatable bonds is 7. The summed E-state index contributed by atoms with van der Waals surface area (Å²) < 4.78 is 29.4. The average Bonchev–Trinajstić information content (AvgIpc) is 2.72. The molecule has 1 aliphatic heterocycles. The van der Waals surface area contributed by atoms with Gasteiger partial charge in [-0.2, -0.15) is 0 Å². The van der Waals surface area contributed by atoms with Gasteiger partial charge in [0.15, 0.2) is 0 Å². The fraction of sp³-hybridized carbons (Fsp3) is 0.273. The number of benzene rings is 2. The summed E-state index contributed by atoms with van der Waals surface area (Å²) in [4.78, 5) is 24.5. The van der Waals surface area contributed by atoms with Crippen molar-refractivity contribution >= 4 is 12.0 Å². The molecule has 0 spiro atoms. The third kappa shape index (κ3) is 4.71. The van der Waals surface area contributed by atoms with Crippen LogP contribution in [-0.2, 0) is 16.1 Å². The van der Waals surface area contributed by atoms with Gasteiger partial charge in [0.05, 0.1) is 25.3 Å². The lowest BCUT2D eigenvalue weighted by Crippen LogP contribution is -2.45. The monoisotopic (exact) mass is 414 g/mol. The van der Waals surface area contributed by atoms with Crippen LogP contribution in [0, 0.1) is 5.82 Å². The van der Waals surface area contributed by atoms with E-state index in [0.717, 1.165) is 0 Å². The van der Waals surface area contributed by atoms with E-state index in [4.69, 9.17) is 14.2 Å². The van der Waals surface area contributed by atoms with Gasteiger partial charge in [-0.15, -0.1) is 0 Å². The van der Waals surface area contributed by atoms with Gasteiger partial charge in [0, 0.05) is 11.3 Å². The van der Waals surface area contributed by atoms with E-state index < -0.39 is 18.0 Å². The second-order valence-corrected chi connectivity index (χ2v) is 6.60. The Balaban J connectivity index is 1.91. The van der Waals surface area contributed by atoms with Crippen molar-refractivity contribution in [2.45, 2.75) is 26.5 Å². The molecule has 0 aromatic heterocycles. The maximum absolute atomic E-state index is 13.1. The fourth-order valence-electron chi connectivity index (χ4n) is 3.21. The molecule has 158 valence electrons. The smallest absolute Gasteiger partial charge is 0.338 e. The maximum Gasteiger partial charge on any atom is 0.338 e. The largest absolute Gasteiger partial charge is 0.496 e. The van der Waals surface area contributed by atoms with Crippen LogP contribution in [0.3, 0.4) is 0 Å².